The van der Waals surface area contributed by atoms with Crippen molar-refractivity contribution in [1.29, 1.82) is 0 Å². The molecule has 1 heterocycles. The third-order valence-electron chi connectivity index (χ3n) is 3.88. The number of hydrogen-bond donors (Lipinski definition) is 2. The maximum atomic E-state index is 13.6. The maximum Gasteiger partial charge on any atom is 0.224 e. The molecular formula is C21H19FN2O3. The summed E-state index contributed by atoms with van der Waals surface area (Å²) in [4.78, 5) is 23.2. The molecule has 0 saturated carbocycles. The zero-order chi connectivity index (χ0) is 19.2. The van der Waals surface area contributed by atoms with Gasteiger partial charge in [0.15, 0.2) is 0 Å². The number of benzene rings is 2. The highest BCUT2D eigenvalue weighted by Gasteiger charge is 2.10. The van der Waals surface area contributed by atoms with E-state index in [0.29, 0.717) is 17.9 Å². The molecule has 0 aliphatic heterocycles. The number of carbonyl (C=O) groups is 2. The van der Waals surface area contributed by atoms with Crippen LogP contribution in [0.25, 0.3) is 11.3 Å². The Morgan fingerprint density at radius 1 is 1.00 bits per heavy atom. The summed E-state index contributed by atoms with van der Waals surface area (Å²) >= 11 is 0. The van der Waals surface area contributed by atoms with Crippen LogP contribution in [0.1, 0.15) is 19.1 Å². The van der Waals surface area contributed by atoms with Crippen LogP contribution in [0.2, 0.25) is 0 Å². The molecule has 0 radical (unpaired) electrons. The molecule has 27 heavy (non-hydrogen) atoms. The van der Waals surface area contributed by atoms with Crippen LogP contribution < -0.4 is 10.6 Å². The molecule has 0 unspecified atom stereocenters. The second-order valence-electron chi connectivity index (χ2n) is 6.06. The van der Waals surface area contributed by atoms with Crippen LogP contribution in [0.4, 0.5) is 15.8 Å². The highest BCUT2D eigenvalue weighted by molar-refractivity contribution is 5.93. The maximum absolute atomic E-state index is 13.6. The average Bonchev–Trinajstić information content (AvgIpc) is 3.12. The fourth-order valence-corrected chi connectivity index (χ4v) is 2.62. The molecule has 3 aromatic rings. The highest BCUT2D eigenvalue weighted by Crippen LogP contribution is 2.23. The standard InChI is InChI=1S/C21H19FN2O3/c1-14(25)23-19-13-16(7-10-18(19)22)24-21(26)12-9-17-8-11-20(27-17)15-5-3-2-4-6-15/h2-8,10-11,13H,9,12H2,1H3,(H,23,25)(H,24,26). The zero-order valence-electron chi connectivity index (χ0n) is 14.8. The van der Waals surface area contributed by atoms with E-state index in [2.05, 4.69) is 10.6 Å². The Kier molecular flexibility index (Phi) is 5.66. The molecule has 5 nitrogen and oxygen atoms in total. The highest BCUT2D eigenvalue weighted by atomic mass is 19.1. The van der Waals surface area contributed by atoms with Crippen LogP contribution in [0.3, 0.4) is 0 Å². The normalized spacial score (nSPS) is 10.4. The van der Waals surface area contributed by atoms with Gasteiger partial charge in [-0.15, -0.1) is 0 Å². The van der Waals surface area contributed by atoms with Crippen molar-refractivity contribution < 1.29 is 18.4 Å². The molecule has 0 bridgehead atoms. The largest absolute Gasteiger partial charge is 0.461 e. The van der Waals surface area contributed by atoms with Crippen LogP contribution in [-0.4, -0.2) is 11.8 Å². The van der Waals surface area contributed by atoms with Crippen LogP contribution >= 0.6 is 0 Å². The Hall–Kier alpha value is -3.41. The topological polar surface area (TPSA) is 71.3 Å². The van der Waals surface area contributed by atoms with Crippen molar-refractivity contribution in [3.8, 4) is 11.3 Å². The minimum absolute atomic E-state index is 0.0267. The molecule has 138 valence electrons. The molecule has 6 heteroatoms. The molecule has 2 amide bonds. The predicted molar refractivity (Wildman–Crippen MR) is 102 cm³/mol. The third kappa shape index (κ3) is 5.04. The number of nitrogens with one attached hydrogen (secondary N) is 2. The van der Waals surface area contributed by atoms with Crippen molar-refractivity contribution >= 4 is 23.2 Å². The summed E-state index contributed by atoms with van der Waals surface area (Å²) < 4.78 is 19.4. The van der Waals surface area contributed by atoms with Gasteiger partial charge in [-0.25, -0.2) is 4.39 Å². The van der Waals surface area contributed by atoms with E-state index in [-0.39, 0.29) is 23.9 Å². The number of amides is 2. The van der Waals surface area contributed by atoms with E-state index in [4.69, 9.17) is 4.42 Å². The zero-order valence-corrected chi connectivity index (χ0v) is 14.8. The second kappa shape index (κ2) is 8.31. The lowest BCUT2D eigenvalue weighted by Crippen LogP contribution is -2.13. The number of halogens is 1. The number of anilines is 2. The quantitative estimate of drug-likeness (QED) is 0.669. The molecule has 2 aromatic carbocycles. The Bertz CT molecular complexity index is 951. The summed E-state index contributed by atoms with van der Waals surface area (Å²) in [5, 5.41) is 5.08. The SMILES string of the molecule is CC(=O)Nc1cc(NC(=O)CCc2ccc(-c3ccccc3)o2)ccc1F. The van der Waals surface area contributed by atoms with E-state index >= 15 is 0 Å². The molecular weight excluding hydrogens is 347 g/mol. The first kappa shape index (κ1) is 18.4. The van der Waals surface area contributed by atoms with Crippen LogP contribution in [0.5, 0.6) is 0 Å². The van der Waals surface area contributed by atoms with Crippen molar-refractivity contribution in [2.24, 2.45) is 0 Å². The monoisotopic (exact) mass is 366 g/mol. The van der Waals surface area contributed by atoms with Gasteiger partial charge in [0.05, 0.1) is 5.69 Å². The summed E-state index contributed by atoms with van der Waals surface area (Å²) in [5.41, 5.74) is 1.42. The second-order valence-corrected chi connectivity index (χ2v) is 6.06. The van der Waals surface area contributed by atoms with Crippen LogP contribution in [0.15, 0.2) is 65.1 Å². The van der Waals surface area contributed by atoms with Gasteiger partial charge >= 0.3 is 0 Å². The Balaban J connectivity index is 1.57. The van der Waals surface area contributed by atoms with E-state index in [0.717, 1.165) is 11.3 Å². The lowest BCUT2D eigenvalue weighted by atomic mass is 10.2. The summed E-state index contributed by atoms with van der Waals surface area (Å²) in [6.45, 7) is 1.29. The van der Waals surface area contributed by atoms with Crippen molar-refractivity contribution in [2.75, 3.05) is 10.6 Å². The number of carbonyl (C=O) groups excluding carboxylic acids is 2. The van der Waals surface area contributed by atoms with Crippen molar-refractivity contribution in [1.82, 2.24) is 0 Å². The van der Waals surface area contributed by atoms with E-state index < -0.39 is 5.82 Å². The van der Waals surface area contributed by atoms with E-state index in [1.807, 2.05) is 42.5 Å². The van der Waals surface area contributed by atoms with Gasteiger partial charge in [0.25, 0.3) is 0 Å². The van der Waals surface area contributed by atoms with Crippen molar-refractivity contribution in [3.05, 3.63) is 72.2 Å². The van der Waals surface area contributed by atoms with Gasteiger partial charge in [-0.3, -0.25) is 9.59 Å². The van der Waals surface area contributed by atoms with Gasteiger partial charge in [0, 0.05) is 31.0 Å². The number of aryl methyl sites for hydroxylation is 1. The van der Waals surface area contributed by atoms with Crippen molar-refractivity contribution in [2.45, 2.75) is 19.8 Å². The van der Waals surface area contributed by atoms with E-state index in [1.165, 1.54) is 25.1 Å². The van der Waals surface area contributed by atoms with Gasteiger partial charge < -0.3 is 15.1 Å². The lowest BCUT2D eigenvalue weighted by Gasteiger charge is -2.08. The molecule has 2 N–H and O–H groups in total. The lowest BCUT2D eigenvalue weighted by molar-refractivity contribution is -0.116. The summed E-state index contributed by atoms with van der Waals surface area (Å²) in [6.07, 6.45) is 0.660. The number of rotatable bonds is 6. The van der Waals surface area contributed by atoms with Gasteiger partial charge in [0.1, 0.15) is 17.3 Å². The minimum Gasteiger partial charge on any atom is -0.461 e. The molecule has 0 aliphatic rings. The van der Waals surface area contributed by atoms with E-state index in [9.17, 15) is 14.0 Å². The van der Waals surface area contributed by atoms with Crippen molar-refractivity contribution in [3.63, 3.8) is 0 Å². The summed E-state index contributed by atoms with van der Waals surface area (Å²) in [6, 6.07) is 17.5. The van der Waals surface area contributed by atoms with Gasteiger partial charge in [-0.1, -0.05) is 30.3 Å². The molecule has 0 atom stereocenters. The molecule has 0 fully saturated rings. The average molecular weight is 366 g/mol. The number of hydrogen-bond acceptors (Lipinski definition) is 3. The van der Waals surface area contributed by atoms with Gasteiger partial charge in [0.2, 0.25) is 11.8 Å². The molecule has 1 aromatic heterocycles. The molecule has 0 spiro atoms. The Morgan fingerprint density at radius 3 is 2.52 bits per heavy atom. The Labute approximate surface area is 156 Å². The van der Waals surface area contributed by atoms with Gasteiger partial charge in [-0.05, 0) is 30.3 Å². The first-order chi connectivity index (χ1) is 13.0. The first-order valence-corrected chi connectivity index (χ1v) is 8.52. The third-order valence-corrected chi connectivity index (χ3v) is 3.88. The fraction of sp³-hybridized carbons (Fsp3) is 0.143. The molecule has 3 rings (SSSR count). The predicted octanol–water partition coefficient (Wildman–Crippen LogP) is 4.62. The van der Waals surface area contributed by atoms with Crippen LogP contribution in [-0.2, 0) is 16.0 Å². The summed E-state index contributed by atoms with van der Waals surface area (Å²) in [5.74, 6) is 0.288. The van der Waals surface area contributed by atoms with Gasteiger partial charge in [-0.2, -0.15) is 0 Å². The van der Waals surface area contributed by atoms with E-state index in [1.54, 1.807) is 0 Å². The molecule has 0 saturated heterocycles. The summed E-state index contributed by atoms with van der Waals surface area (Å²) in [7, 11) is 0. The number of furan rings is 1. The Morgan fingerprint density at radius 2 is 1.78 bits per heavy atom. The smallest absolute Gasteiger partial charge is 0.224 e. The fourth-order valence-electron chi connectivity index (χ4n) is 2.62. The minimum atomic E-state index is -0.563. The van der Waals surface area contributed by atoms with Crippen LogP contribution in [0, 0.1) is 5.82 Å². The first-order valence-electron chi connectivity index (χ1n) is 8.52. The molecule has 0 aliphatic carbocycles.